The zero-order valence-corrected chi connectivity index (χ0v) is 11.8. The zero-order valence-electron chi connectivity index (χ0n) is 11.8. The number of rotatable bonds is 4. The standard InChI is InChI=1S/C14H16N2O5/c1-3-21-13(19)4-5-16-10-7-12(18)11(17)6-9(10)8(2)15-14(16)20/h6-7,17-18H,3-5H2,1-2H3. The minimum Gasteiger partial charge on any atom is -0.504 e. The van der Waals surface area contributed by atoms with Crippen molar-refractivity contribution in [1.29, 1.82) is 0 Å². The van der Waals surface area contributed by atoms with E-state index in [-0.39, 0.29) is 31.1 Å². The van der Waals surface area contributed by atoms with Crippen LogP contribution in [0.15, 0.2) is 16.9 Å². The second-order valence-electron chi connectivity index (χ2n) is 4.54. The molecule has 0 aliphatic rings. The smallest absolute Gasteiger partial charge is 0.348 e. The average molecular weight is 292 g/mol. The molecule has 0 saturated heterocycles. The molecule has 0 aliphatic heterocycles. The van der Waals surface area contributed by atoms with Gasteiger partial charge in [0.1, 0.15) is 0 Å². The van der Waals surface area contributed by atoms with Crippen LogP contribution in [0.2, 0.25) is 0 Å². The van der Waals surface area contributed by atoms with Crippen LogP contribution < -0.4 is 5.69 Å². The molecular formula is C14H16N2O5. The Balaban J connectivity index is 2.50. The number of aryl methyl sites for hydroxylation is 2. The van der Waals surface area contributed by atoms with Gasteiger partial charge >= 0.3 is 11.7 Å². The van der Waals surface area contributed by atoms with E-state index in [0.29, 0.717) is 16.6 Å². The first-order valence-corrected chi connectivity index (χ1v) is 6.52. The number of benzene rings is 1. The molecule has 0 saturated carbocycles. The minimum absolute atomic E-state index is 0.0230. The molecule has 1 aromatic carbocycles. The lowest BCUT2D eigenvalue weighted by Crippen LogP contribution is -2.25. The van der Waals surface area contributed by atoms with Crippen molar-refractivity contribution in [2.45, 2.75) is 26.8 Å². The molecule has 0 radical (unpaired) electrons. The number of aromatic nitrogens is 2. The number of ether oxygens (including phenoxy) is 1. The van der Waals surface area contributed by atoms with Gasteiger partial charge in [0.15, 0.2) is 11.5 Å². The van der Waals surface area contributed by atoms with E-state index >= 15 is 0 Å². The Morgan fingerprint density at radius 2 is 2.00 bits per heavy atom. The number of hydrogen-bond acceptors (Lipinski definition) is 6. The molecule has 2 N–H and O–H groups in total. The molecule has 1 heterocycles. The molecule has 0 unspecified atom stereocenters. The molecule has 1 aromatic heterocycles. The van der Waals surface area contributed by atoms with Crippen LogP contribution in [0.3, 0.4) is 0 Å². The zero-order chi connectivity index (χ0) is 15.6. The van der Waals surface area contributed by atoms with Crippen LogP contribution in [0.4, 0.5) is 0 Å². The summed E-state index contributed by atoms with van der Waals surface area (Å²) in [5, 5.41) is 19.7. The highest BCUT2D eigenvalue weighted by molar-refractivity contribution is 5.84. The first-order chi connectivity index (χ1) is 9.93. The maximum absolute atomic E-state index is 12.0. The Hall–Kier alpha value is -2.57. The summed E-state index contributed by atoms with van der Waals surface area (Å²) in [6.45, 7) is 3.70. The van der Waals surface area contributed by atoms with Gasteiger partial charge in [0.25, 0.3) is 0 Å². The largest absolute Gasteiger partial charge is 0.504 e. The van der Waals surface area contributed by atoms with E-state index in [0.717, 1.165) is 0 Å². The first kappa shape index (κ1) is 14.8. The summed E-state index contributed by atoms with van der Waals surface area (Å²) in [4.78, 5) is 27.2. The topological polar surface area (TPSA) is 102 Å². The maximum Gasteiger partial charge on any atom is 0.348 e. The second-order valence-corrected chi connectivity index (χ2v) is 4.54. The lowest BCUT2D eigenvalue weighted by molar-refractivity contribution is -0.143. The number of nitrogens with zero attached hydrogens (tertiary/aromatic N) is 2. The Morgan fingerprint density at radius 3 is 2.67 bits per heavy atom. The van der Waals surface area contributed by atoms with E-state index in [1.165, 1.54) is 16.7 Å². The number of fused-ring (bicyclic) bond motifs is 1. The number of esters is 1. The lowest BCUT2D eigenvalue weighted by atomic mass is 10.1. The van der Waals surface area contributed by atoms with E-state index in [2.05, 4.69) is 4.98 Å². The molecule has 0 aliphatic carbocycles. The summed E-state index contributed by atoms with van der Waals surface area (Å²) in [6.07, 6.45) is 0.0230. The number of carbonyl (C=O) groups is 1. The fraction of sp³-hybridized carbons (Fsp3) is 0.357. The third kappa shape index (κ3) is 2.96. The number of carbonyl (C=O) groups excluding carboxylic acids is 1. The van der Waals surface area contributed by atoms with Gasteiger partial charge in [-0.25, -0.2) is 4.79 Å². The van der Waals surface area contributed by atoms with Crippen LogP contribution in [0.5, 0.6) is 11.5 Å². The van der Waals surface area contributed by atoms with Crippen molar-refractivity contribution < 1.29 is 19.7 Å². The van der Waals surface area contributed by atoms with Gasteiger partial charge in [0, 0.05) is 18.0 Å². The molecule has 0 amide bonds. The van der Waals surface area contributed by atoms with Crippen molar-refractivity contribution in [3.05, 3.63) is 28.3 Å². The van der Waals surface area contributed by atoms with Gasteiger partial charge in [-0.2, -0.15) is 4.98 Å². The summed E-state index contributed by atoms with van der Waals surface area (Å²) in [7, 11) is 0. The lowest BCUT2D eigenvalue weighted by Gasteiger charge is -2.12. The van der Waals surface area contributed by atoms with Gasteiger partial charge in [-0.3, -0.25) is 9.36 Å². The van der Waals surface area contributed by atoms with E-state index in [1.807, 2.05) is 0 Å². The van der Waals surface area contributed by atoms with Gasteiger partial charge in [-0.05, 0) is 19.9 Å². The first-order valence-electron chi connectivity index (χ1n) is 6.52. The van der Waals surface area contributed by atoms with Gasteiger partial charge in [-0.15, -0.1) is 0 Å². The van der Waals surface area contributed by atoms with Crippen molar-refractivity contribution >= 4 is 16.9 Å². The van der Waals surface area contributed by atoms with Crippen molar-refractivity contribution in [1.82, 2.24) is 9.55 Å². The fourth-order valence-corrected chi connectivity index (χ4v) is 2.10. The van der Waals surface area contributed by atoms with Crippen molar-refractivity contribution in [3.8, 4) is 11.5 Å². The van der Waals surface area contributed by atoms with E-state index in [9.17, 15) is 19.8 Å². The predicted molar refractivity (Wildman–Crippen MR) is 75.3 cm³/mol. The molecule has 0 atom stereocenters. The molecule has 0 bridgehead atoms. The second kappa shape index (κ2) is 5.82. The molecule has 21 heavy (non-hydrogen) atoms. The number of phenols is 2. The third-order valence-corrected chi connectivity index (χ3v) is 3.11. The van der Waals surface area contributed by atoms with Crippen molar-refractivity contribution in [2.75, 3.05) is 6.61 Å². The molecule has 2 aromatic rings. The highest BCUT2D eigenvalue weighted by Gasteiger charge is 2.13. The normalized spacial score (nSPS) is 10.8. The summed E-state index contributed by atoms with van der Waals surface area (Å²) in [6, 6.07) is 2.62. The quantitative estimate of drug-likeness (QED) is 0.645. The van der Waals surface area contributed by atoms with E-state index in [4.69, 9.17) is 4.74 Å². The molecule has 7 nitrogen and oxygen atoms in total. The van der Waals surface area contributed by atoms with Crippen LogP contribution in [0, 0.1) is 6.92 Å². The Bertz CT molecular complexity index is 751. The van der Waals surface area contributed by atoms with Gasteiger partial charge in [-0.1, -0.05) is 0 Å². The molecule has 0 spiro atoms. The summed E-state index contributed by atoms with van der Waals surface area (Å²) < 4.78 is 6.09. The van der Waals surface area contributed by atoms with Crippen LogP contribution in [0.1, 0.15) is 19.0 Å². The molecule has 112 valence electrons. The van der Waals surface area contributed by atoms with Crippen LogP contribution >= 0.6 is 0 Å². The molecule has 7 heteroatoms. The highest BCUT2D eigenvalue weighted by atomic mass is 16.5. The average Bonchev–Trinajstić information content (AvgIpc) is 2.41. The van der Waals surface area contributed by atoms with E-state index < -0.39 is 11.7 Å². The van der Waals surface area contributed by atoms with Crippen LogP contribution in [0.25, 0.3) is 10.9 Å². The monoisotopic (exact) mass is 292 g/mol. The Kier molecular flexibility index (Phi) is 4.11. The number of phenolic OH excluding ortho intramolecular Hbond substituents is 2. The van der Waals surface area contributed by atoms with Crippen LogP contribution in [-0.2, 0) is 16.1 Å². The molecular weight excluding hydrogens is 276 g/mol. The summed E-state index contributed by atoms with van der Waals surface area (Å²) >= 11 is 0. The van der Waals surface area contributed by atoms with Gasteiger partial charge in [0.2, 0.25) is 0 Å². The minimum atomic E-state index is -0.519. The highest BCUT2D eigenvalue weighted by Crippen LogP contribution is 2.30. The van der Waals surface area contributed by atoms with Crippen molar-refractivity contribution in [3.63, 3.8) is 0 Å². The van der Waals surface area contributed by atoms with Gasteiger partial charge in [0.05, 0.1) is 24.2 Å². The predicted octanol–water partition coefficient (Wildman–Crippen LogP) is 1.07. The summed E-state index contributed by atoms with van der Waals surface area (Å²) in [5.41, 5.74) is 0.333. The number of aromatic hydroxyl groups is 2. The fourth-order valence-electron chi connectivity index (χ4n) is 2.10. The third-order valence-electron chi connectivity index (χ3n) is 3.11. The van der Waals surface area contributed by atoms with Gasteiger partial charge < -0.3 is 14.9 Å². The van der Waals surface area contributed by atoms with Crippen molar-refractivity contribution in [2.24, 2.45) is 0 Å². The van der Waals surface area contributed by atoms with E-state index in [1.54, 1.807) is 13.8 Å². The summed E-state index contributed by atoms with van der Waals surface area (Å²) in [5.74, 6) is -1.04. The maximum atomic E-state index is 12.0. The SMILES string of the molecule is CCOC(=O)CCn1c(=O)nc(C)c2cc(O)c(O)cc21. The Labute approximate surface area is 120 Å². The van der Waals surface area contributed by atoms with Crippen LogP contribution in [-0.4, -0.2) is 32.3 Å². The molecule has 2 rings (SSSR count). The number of hydrogen-bond donors (Lipinski definition) is 2. The molecule has 0 fully saturated rings. The Morgan fingerprint density at radius 1 is 1.33 bits per heavy atom.